The molecule has 0 saturated heterocycles. The summed E-state index contributed by atoms with van der Waals surface area (Å²) in [4.78, 5) is 20.0. The second kappa shape index (κ2) is 4.92. The zero-order chi connectivity index (χ0) is 12.1. The summed E-state index contributed by atoms with van der Waals surface area (Å²) >= 11 is 0. The molecule has 0 aromatic heterocycles. The molecule has 0 fully saturated rings. The van der Waals surface area contributed by atoms with E-state index in [9.17, 15) is 20.0 Å². The van der Waals surface area contributed by atoms with Crippen LogP contribution in [0.4, 0.5) is 0 Å². The Morgan fingerprint density at radius 2 is 2.25 bits per heavy atom. The fourth-order valence-corrected chi connectivity index (χ4v) is 1.08. The monoisotopic (exact) mass is 223 g/mol. The molecule has 16 heavy (non-hydrogen) atoms. The third-order valence-electron chi connectivity index (χ3n) is 1.85. The van der Waals surface area contributed by atoms with Crippen LogP contribution in [-0.4, -0.2) is 23.4 Å². The maximum absolute atomic E-state index is 10.4. The molecule has 1 rings (SSSR count). The van der Waals surface area contributed by atoms with Gasteiger partial charge in [0, 0.05) is 6.08 Å². The summed E-state index contributed by atoms with van der Waals surface area (Å²) in [7, 11) is 1.36. The number of nitro groups is 1. The number of hydrogen-bond donors (Lipinski definition) is 1. The average molecular weight is 223 g/mol. The van der Waals surface area contributed by atoms with Crippen LogP contribution in [-0.2, 0) is 4.79 Å². The van der Waals surface area contributed by atoms with Crippen LogP contribution in [0.1, 0.15) is 5.56 Å². The first kappa shape index (κ1) is 11.7. The maximum Gasteiger partial charge on any atom is 0.309 e. The van der Waals surface area contributed by atoms with Crippen molar-refractivity contribution in [3.8, 4) is 11.5 Å². The highest BCUT2D eigenvalue weighted by Gasteiger charge is 2.09. The van der Waals surface area contributed by atoms with Crippen molar-refractivity contribution in [1.82, 2.24) is 0 Å². The van der Waals surface area contributed by atoms with E-state index in [0.29, 0.717) is 5.56 Å². The molecule has 6 nitrogen and oxygen atoms in total. The largest absolute Gasteiger partial charge is 0.504 e. The Balaban J connectivity index is 3.14. The summed E-state index contributed by atoms with van der Waals surface area (Å²) in [6, 6.07) is 4.15. The number of hydrogen-bond acceptors (Lipinski definition) is 5. The van der Waals surface area contributed by atoms with Crippen LogP contribution < -0.4 is 4.74 Å². The van der Waals surface area contributed by atoms with Gasteiger partial charge in [-0.05, 0) is 17.7 Å². The molecule has 0 bridgehead atoms. The van der Waals surface area contributed by atoms with Gasteiger partial charge in [0.1, 0.15) is 0 Å². The summed E-state index contributed by atoms with van der Waals surface area (Å²) in [5.74, 6) is 0.107. The lowest BCUT2D eigenvalue weighted by atomic mass is 10.2. The van der Waals surface area contributed by atoms with E-state index in [-0.39, 0.29) is 17.8 Å². The molecule has 0 spiro atoms. The molecule has 1 N–H and O–H groups in total. The number of benzene rings is 1. The molecule has 0 atom stereocenters. The van der Waals surface area contributed by atoms with Crippen LogP contribution in [0.15, 0.2) is 23.9 Å². The quantitative estimate of drug-likeness (QED) is 0.358. The fourth-order valence-electron chi connectivity index (χ4n) is 1.08. The number of allylic oxidation sites excluding steroid dienone is 1. The summed E-state index contributed by atoms with van der Waals surface area (Å²) < 4.78 is 4.82. The van der Waals surface area contributed by atoms with Gasteiger partial charge in [0.25, 0.3) is 0 Å². The number of aromatic hydroxyl groups is 1. The van der Waals surface area contributed by atoms with Crippen molar-refractivity contribution in [1.29, 1.82) is 0 Å². The predicted molar refractivity (Wildman–Crippen MR) is 55.7 cm³/mol. The molecule has 0 aliphatic rings. The number of phenolic OH excluding ortho intramolecular Hbond substituents is 1. The molecule has 1 aromatic rings. The Labute approximate surface area is 90.9 Å². The molecule has 0 aliphatic carbocycles. The van der Waals surface area contributed by atoms with Gasteiger partial charge in [-0.25, -0.2) is 0 Å². The van der Waals surface area contributed by atoms with Gasteiger partial charge in [-0.3, -0.25) is 14.9 Å². The zero-order valence-corrected chi connectivity index (χ0v) is 8.41. The van der Waals surface area contributed by atoms with E-state index in [0.717, 1.165) is 6.08 Å². The summed E-state index contributed by atoms with van der Waals surface area (Å²) in [5, 5.41) is 19.7. The van der Waals surface area contributed by atoms with Crippen molar-refractivity contribution in [2.45, 2.75) is 0 Å². The van der Waals surface area contributed by atoms with E-state index in [4.69, 9.17) is 4.74 Å². The minimum absolute atomic E-state index is 0.0755. The van der Waals surface area contributed by atoms with Gasteiger partial charge in [-0.1, -0.05) is 6.07 Å². The van der Waals surface area contributed by atoms with Crippen molar-refractivity contribution in [3.05, 3.63) is 39.6 Å². The highest BCUT2D eigenvalue weighted by molar-refractivity contribution is 5.78. The molecule has 0 heterocycles. The second-order valence-corrected chi connectivity index (χ2v) is 2.88. The normalized spacial score (nSPS) is 10.9. The van der Waals surface area contributed by atoms with Gasteiger partial charge >= 0.3 is 5.70 Å². The van der Waals surface area contributed by atoms with Crippen molar-refractivity contribution in [3.63, 3.8) is 0 Å². The SMILES string of the molecule is COc1cc(/C=C(/C=O)[N+](=O)[O-])ccc1O. The number of carbonyl (C=O) groups excluding carboxylic acids is 1. The molecule has 84 valence electrons. The molecule has 0 aliphatic heterocycles. The van der Waals surface area contributed by atoms with Crippen LogP contribution in [0.2, 0.25) is 0 Å². The number of methoxy groups -OCH3 is 1. The summed E-state index contributed by atoms with van der Waals surface area (Å²) in [5.41, 5.74) is -0.166. The molecular formula is C10H9NO5. The lowest BCUT2D eigenvalue weighted by molar-refractivity contribution is -0.415. The summed E-state index contributed by atoms with van der Waals surface area (Å²) in [6.45, 7) is 0. The third-order valence-corrected chi connectivity index (χ3v) is 1.85. The van der Waals surface area contributed by atoms with Crippen LogP contribution >= 0.6 is 0 Å². The molecule has 6 heteroatoms. The van der Waals surface area contributed by atoms with Crippen LogP contribution in [0.5, 0.6) is 11.5 Å². The number of carbonyl (C=O) groups is 1. The zero-order valence-electron chi connectivity index (χ0n) is 8.41. The van der Waals surface area contributed by atoms with Crippen molar-refractivity contribution in [2.75, 3.05) is 7.11 Å². The molecule has 1 aromatic carbocycles. The average Bonchev–Trinajstić information content (AvgIpc) is 2.27. The van der Waals surface area contributed by atoms with E-state index < -0.39 is 10.6 Å². The molecule has 0 amide bonds. The van der Waals surface area contributed by atoms with E-state index in [1.54, 1.807) is 0 Å². The van der Waals surface area contributed by atoms with Crippen LogP contribution in [0.3, 0.4) is 0 Å². The molecule has 0 saturated carbocycles. The third kappa shape index (κ3) is 2.57. The summed E-state index contributed by atoms with van der Waals surface area (Å²) in [6.07, 6.45) is 1.24. The molecule has 0 radical (unpaired) electrons. The number of aldehydes is 1. The molecular weight excluding hydrogens is 214 g/mol. The first-order valence-electron chi connectivity index (χ1n) is 4.26. The van der Waals surface area contributed by atoms with Gasteiger partial charge in [-0.2, -0.15) is 0 Å². The standard InChI is InChI=1S/C10H9NO5/c1-16-10-5-7(2-3-9(10)13)4-8(6-12)11(14)15/h2-6,13H,1H3/b8-4-. The minimum Gasteiger partial charge on any atom is -0.504 e. The maximum atomic E-state index is 10.4. The Kier molecular flexibility index (Phi) is 3.60. The Bertz CT molecular complexity index is 453. The van der Waals surface area contributed by atoms with Crippen molar-refractivity contribution < 1.29 is 19.6 Å². The predicted octanol–water partition coefficient (Wildman–Crippen LogP) is 1.22. The Morgan fingerprint density at radius 3 is 2.75 bits per heavy atom. The Hall–Kier alpha value is -2.37. The smallest absolute Gasteiger partial charge is 0.309 e. The van der Waals surface area contributed by atoms with Gasteiger partial charge in [-0.15, -0.1) is 0 Å². The van der Waals surface area contributed by atoms with Gasteiger partial charge in [0.15, 0.2) is 11.5 Å². The second-order valence-electron chi connectivity index (χ2n) is 2.88. The van der Waals surface area contributed by atoms with Gasteiger partial charge in [0.05, 0.1) is 12.0 Å². The highest BCUT2D eigenvalue weighted by atomic mass is 16.6. The van der Waals surface area contributed by atoms with Gasteiger partial charge in [0.2, 0.25) is 6.29 Å². The van der Waals surface area contributed by atoms with Crippen LogP contribution in [0.25, 0.3) is 6.08 Å². The van der Waals surface area contributed by atoms with Crippen LogP contribution in [0, 0.1) is 10.1 Å². The lowest BCUT2D eigenvalue weighted by Gasteiger charge is -2.03. The first-order valence-corrected chi connectivity index (χ1v) is 4.26. The first-order chi connectivity index (χ1) is 7.58. The van der Waals surface area contributed by atoms with Crippen molar-refractivity contribution >= 4 is 12.4 Å². The van der Waals surface area contributed by atoms with Gasteiger partial charge < -0.3 is 9.84 Å². The van der Waals surface area contributed by atoms with E-state index >= 15 is 0 Å². The van der Waals surface area contributed by atoms with E-state index in [1.807, 2.05) is 0 Å². The number of ether oxygens (including phenoxy) is 1. The number of nitrogens with zero attached hydrogens (tertiary/aromatic N) is 1. The Morgan fingerprint density at radius 1 is 1.56 bits per heavy atom. The fraction of sp³-hybridized carbons (Fsp3) is 0.100. The van der Waals surface area contributed by atoms with E-state index in [2.05, 4.69) is 0 Å². The molecule has 0 unspecified atom stereocenters. The minimum atomic E-state index is -0.785. The number of phenols is 1. The highest BCUT2D eigenvalue weighted by Crippen LogP contribution is 2.27. The number of rotatable bonds is 4. The topological polar surface area (TPSA) is 89.7 Å². The lowest BCUT2D eigenvalue weighted by Crippen LogP contribution is -1.99. The van der Waals surface area contributed by atoms with Crippen molar-refractivity contribution in [2.24, 2.45) is 0 Å². The van der Waals surface area contributed by atoms with E-state index in [1.165, 1.54) is 25.3 Å².